The minimum absolute atomic E-state index is 0.286. The molecule has 0 atom stereocenters. The third-order valence-corrected chi connectivity index (χ3v) is 4.01. The Morgan fingerprint density at radius 2 is 1.83 bits per heavy atom. The number of rotatable bonds is 6. The van der Waals surface area contributed by atoms with Crippen LogP contribution in [0.3, 0.4) is 0 Å². The topological polar surface area (TPSA) is 84.2 Å². The highest BCUT2D eigenvalue weighted by molar-refractivity contribution is 5.92. The van der Waals surface area contributed by atoms with E-state index in [1.165, 1.54) is 0 Å². The lowest BCUT2D eigenvalue weighted by Crippen LogP contribution is -2.32. The van der Waals surface area contributed by atoms with Gasteiger partial charge < -0.3 is 10.4 Å². The van der Waals surface area contributed by atoms with Crippen LogP contribution in [0.25, 0.3) is 5.69 Å². The number of nitrogens with one attached hydrogen (secondary N) is 1. The zero-order chi connectivity index (χ0) is 17.9. The van der Waals surface area contributed by atoms with Gasteiger partial charge in [-0.15, -0.1) is 0 Å². The van der Waals surface area contributed by atoms with Crippen LogP contribution in [0.1, 0.15) is 42.0 Å². The quantitative estimate of drug-likeness (QED) is 0.853. The van der Waals surface area contributed by atoms with Gasteiger partial charge in [-0.3, -0.25) is 9.59 Å². The molecule has 0 aliphatic carbocycles. The van der Waals surface area contributed by atoms with Gasteiger partial charge in [0.2, 0.25) is 0 Å². The molecule has 0 saturated carbocycles. The minimum Gasteiger partial charge on any atom is -0.481 e. The van der Waals surface area contributed by atoms with Crippen molar-refractivity contribution in [2.45, 2.75) is 34.1 Å². The number of nitrogens with zero attached hydrogens (tertiary/aromatic N) is 2. The fourth-order valence-electron chi connectivity index (χ4n) is 2.22. The number of aryl methyl sites for hydroxylation is 2. The first-order valence-electron chi connectivity index (χ1n) is 7.86. The summed E-state index contributed by atoms with van der Waals surface area (Å²) in [6, 6.07) is 9.60. The molecule has 6 nitrogen and oxygen atoms in total. The molecule has 1 amide bonds. The predicted octanol–water partition coefficient (Wildman–Crippen LogP) is 2.72. The number of carboxylic acid groups (broad SMARTS) is 1. The van der Waals surface area contributed by atoms with Gasteiger partial charge in [0.25, 0.3) is 5.91 Å². The highest BCUT2D eigenvalue weighted by atomic mass is 16.4. The zero-order valence-electron chi connectivity index (χ0n) is 14.5. The van der Waals surface area contributed by atoms with Crippen LogP contribution in [0.2, 0.25) is 0 Å². The second-order valence-electron chi connectivity index (χ2n) is 6.61. The van der Waals surface area contributed by atoms with Gasteiger partial charge in [0.15, 0.2) is 5.69 Å². The molecule has 0 aliphatic rings. The van der Waals surface area contributed by atoms with Crippen molar-refractivity contribution in [3.63, 3.8) is 0 Å². The van der Waals surface area contributed by atoms with Gasteiger partial charge in [0, 0.05) is 12.2 Å². The monoisotopic (exact) mass is 329 g/mol. The van der Waals surface area contributed by atoms with Crippen molar-refractivity contribution in [1.29, 1.82) is 0 Å². The number of carbonyl (C=O) groups excluding carboxylic acids is 1. The molecular weight excluding hydrogens is 306 g/mol. The Balaban J connectivity index is 2.05. The summed E-state index contributed by atoms with van der Waals surface area (Å²) in [5, 5.41) is 16.2. The summed E-state index contributed by atoms with van der Waals surface area (Å²) >= 11 is 0. The molecule has 24 heavy (non-hydrogen) atoms. The summed E-state index contributed by atoms with van der Waals surface area (Å²) in [5.41, 5.74) is 2.35. The number of aliphatic carboxylic acids is 1. The summed E-state index contributed by atoms with van der Waals surface area (Å²) in [4.78, 5) is 23.3. The number of benzene rings is 1. The second kappa shape index (κ2) is 6.86. The van der Waals surface area contributed by atoms with E-state index in [1.54, 1.807) is 24.6 Å². The maximum atomic E-state index is 12.2. The number of aromatic nitrogens is 2. The Hall–Kier alpha value is -2.63. The maximum Gasteiger partial charge on any atom is 0.309 e. The fraction of sp³-hybridized carbons (Fsp3) is 0.389. The van der Waals surface area contributed by atoms with E-state index < -0.39 is 11.4 Å². The fourth-order valence-corrected chi connectivity index (χ4v) is 2.22. The molecule has 1 aromatic carbocycles. The van der Waals surface area contributed by atoms with Gasteiger partial charge in [-0.05, 0) is 52.3 Å². The van der Waals surface area contributed by atoms with E-state index in [9.17, 15) is 9.59 Å². The van der Waals surface area contributed by atoms with Crippen molar-refractivity contribution >= 4 is 11.9 Å². The largest absolute Gasteiger partial charge is 0.481 e. The van der Waals surface area contributed by atoms with E-state index >= 15 is 0 Å². The summed E-state index contributed by atoms with van der Waals surface area (Å²) in [6.45, 7) is 7.46. The molecule has 2 aromatic rings. The standard InChI is InChI=1S/C18H23N3O3/c1-12-5-7-14(8-6-12)21-13(2)11-15(20-21)16(22)19-10-9-18(3,4)17(23)24/h5-8,11H,9-10H2,1-4H3,(H,19,22)(H,23,24). The molecular formula is C18H23N3O3. The lowest BCUT2D eigenvalue weighted by Gasteiger charge is -2.18. The Bertz CT molecular complexity index is 745. The van der Waals surface area contributed by atoms with Crippen LogP contribution in [-0.2, 0) is 4.79 Å². The van der Waals surface area contributed by atoms with Crippen molar-refractivity contribution < 1.29 is 14.7 Å². The average molecular weight is 329 g/mol. The number of hydrogen-bond acceptors (Lipinski definition) is 3. The second-order valence-corrected chi connectivity index (χ2v) is 6.61. The van der Waals surface area contributed by atoms with Crippen LogP contribution < -0.4 is 5.32 Å². The molecule has 0 radical (unpaired) electrons. The predicted molar refractivity (Wildman–Crippen MR) is 91.4 cm³/mol. The molecule has 0 aliphatic heterocycles. The van der Waals surface area contributed by atoms with Gasteiger partial charge in [-0.1, -0.05) is 17.7 Å². The molecule has 0 fully saturated rings. The van der Waals surface area contributed by atoms with E-state index in [0.717, 1.165) is 16.9 Å². The van der Waals surface area contributed by atoms with Crippen molar-refractivity contribution in [3.05, 3.63) is 47.3 Å². The van der Waals surface area contributed by atoms with Gasteiger partial charge in [-0.25, -0.2) is 4.68 Å². The highest BCUT2D eigenvalue weighted by Gasteiger charge is 2.26. The molecule has 0 saturated heterocycles. The van der Waals surface area contributed by atoms with Gasteiger partial charge >= 0.3 is 5.97 Å². The lowest BCUT2D eigenvalue weighted by molar-refractivity contribution is -0.147. The van der Waals surface area contributed by atoms with E-state index in [0.29, 0.717) is 12.1 Å². The van der Waals surface area contributed by atoms with Gasteiger partial charge in [-0.2, -0.15) is 5.10 Å². The average Bonchev–Trinajstić information content (AvgIpc) is 2.89. The molecule has 0 bridgehead atoms. The van der Waals surface area contributed by atoms with E-state index in [2.05, 4.69) is 10.4 Å². The van der Waals surface area contributed by atoms with Crippen molar-refractivity contribution in [3.8, 4) is 5.69 Å². The molecule has 1 heterocycles. The molecule has 128 valence electrons. The SMILES string of the molecule is Cc1ccc(-n2nc(C(=O)NCCC(C)(C)C(=O)O)cc2C)cc1. The van der Waals surface area contributed by atoms with Crippen LogP contribution in [0.5, 0.6) is 0 Å². The van der Waals surface area contributed by atoms with Crippen LogP contribution in [0.4, 0.5) is 0 Å². The van der Waals surface area contributed by atoms with Crippen LogP contribution in [0.15, 0.2) is 30.3 Å². The maximum absolute atomic E-state index is 12.2. The van der Waals surface area contributed by atoms with Crippen LogP contribution >= 0.6 is 0 Å². The Morgan fingerprint density at radius 1 is 1.21 bits per heavy atom. The van der Waals surface area contributed by atoms with Crippen molar-refractivity contribution in [2.75, 3.05) is 6.54 Å². The first kappa shape index (κ1) is 17.7. The Labute approximate surface area is 141 Å². The van der Waals surface area contributed by atoms with Crippen LogP contribution in [-0.4, -0.2) is 33.3 Å². The van der Waals surface area contributed by atoms with Crippen molar-refractivity contribution in [2.24, 2.45) is 5.41 Å². The summed E-state index contributed by atoms with van der Waals surface area (Å²) < 4.78 is 1.72. The molecule has 6 heteroatoms. The number of carbonyl (C=O) groups is 2. The molecule has 0 spiro atoms. The van der Waals surface area contributed by atoms with E-state index in [1.807, 2.05) is 38.1 Å². The normalized spacial score (nSPS) is 11.3. The summed E-state index contributed by atoms with van der Waals surface area (Å²) in [5.74, 6) is -1.18. The molecule has 2 N–H and O–H groups in total. The van der Waals surface area contributed by atoms with Crippen LogP contribution in [0, 0.1) is 19.3 Å². The number of amides is 1. The zero-order valence-corrected chi connectivity index (χ0v) is 14.5. The molecule has 0 unspecified atom stereocenters. The van der Waals surface area contributed by atoms with Crippen molar-refractivity contribution in [1.82, 2.24) is 15.1 Å². The minimum atomic E-state index is -0.878. The van der Waals surface area contributed by atoms with Gasteiger partial charge in [0.1, 0.15) is 0 Å². The first-order chi connectivity index (χ1) is 11.2. The molecule has 1 aromatic heterocycles. The summed E-state index contributed by atoms with van der Waals surface area (Å²) in [6.07, 6.45) is 0.353. The Kier molecular flexibility index (Phi) is 5.07. The first-order valence-corrected chi connectivity index (χ1v) is 7.86. The van der Waals surface area contributed by atoms with E-state index in [-0.39, 0.29) is 12.5 Å². The number of hydrogen-bond donors (Lipinski definition) is 2. The smallest absolute Gasteiger partial charge is 0.309 e. The third-order valence-electron chi connectivity index (χ3n) is 4.01. The Morgan fingerprint density at radius 3 is 2.42 bits per heavy atom. The van der Waals surface area contributed by atoms with Gasteiger partial charge in [0.05, 0.1) is 11.1 Å². The van der Waals surface area contributed by atoms with E-state index in [4.69, 9.17) is 5.11 Å². The molecule has 2 rings (SSSR count). The highest BCUT2D eigenvalue weighted by Crippen LogP contribution is 2.19. The number of carboxylic acids is 1. The summed E-state index contributed by atoms with van der Waals surface area (Å²) in [7, 11) is 0. The lowest BCUT2D eigenvalue weighted by atomic mass is 9.90. The third kappa shape index (κ3) is 4.01.